The van der Waals surface area contributed by atoms with Gasteiger partial charge in [-0.1, -0.05) is 24.4 Å². The predicted octanol–water partition coefficient (Wildman–Crippen LogP) is 5.57. The van der Waals surface area contributed by atoms with Crippen LogP contribution in [-0.2, 0) is 32.2 Å². The van der Waals surface area contributed by atoms with Crippen LogP contribution >= 0.6 is 37.6 Å². The average molecular weight is 977 g/mol. The summed E-state index contributed by atoms with van der Waals surface area (Å²) in [5.41, 5.74) is 14.0. The van der Waals surface area contributed by atoms with Crippen molar-refractivity contribution in [3.63, 3.8) is 0 Å². The predicted molar refractivity (Wildman–Crippen MR) is 242 cm³/mol. The highest BCUT2D eigenvalue weighted by atomic mass is 35.5. The fourth-order valence-corrected chi connectivity index (χ4v) is 11.7. The number of aliphatic hydroxyl groups excluding tert-OH is 1. The lowest BCUT2D eigenvalue weighted by molar-refractivity contribution is -0.0549. The smallest absolute Gasteiger partial charge is 0.472 e. The highest BCUT2D eigenvalue weighted by Crippen LogP contribution is 2.59. The lowest BCUT2D eigenvalue weighted by Crippen LogP contribution is -2.30. The number of benzene rings is 2. The molecule has 0 bridgehead atoms. The number of anilines is 3. The van der Waals surface area contributed by atoms with Gasteiger partial charge in [-0.25, -0.2) is 33.9 Å². The van der Waals surface area contributed by atoms with Gasteiger partial charge in [0.15, 0.2) is 11.5 Å². The van der Waals surface area contributed by atoms with Gasteiger partial charge in [0.25, 0.3) is 0 Å². The number of pyridine rings is 1. The molecule has 6 heterocycles. The van der Waals surface area contributed by atoms with Crippen LogP contribution in [0.1, 0.15) is 51.0 Å². The molecule has 0 aliphatic carbocycles. The van der Waals surface area contributed by atoms with Crippen LogP contribution in [0.2, 0.25) is 5.02 Å². The van der Waals surface area contributed by atoms with Crippen molar-refractivity contribution in [2.75, 3.05) is 49.4 Å². The summed E-state index contributed by atoms with van der Waals surface area (Å²) in [6.07, 6.45) is 0.553. The molecule has 2 fully saturated rings. The molecule has 65 heavy (non-hydrogen) atoms. The Morgan fingerprint density at radius 1 is 0.908 bits per heavy atom. The Bertz CT molecular complexity index is 2830. The van der Waals surface area contributed by atoms with Gasteiger partial charge in [-0.3, -0.25) is 22.7 Å². The van der Waals surface area contributed by atoms with Crippen LogP contribution < -0.4 is 27.2 Å². The molecule has 0 spiro atoms. The van der Waals surface area contributed by atoms with Gasteiger partial charge in [0.2, 0.25) is 0 Å². The maximum Gasteiger partial charge on any atom is 0.472 e. The first-order valence-corrected chi connectivity index (χ1v) is 25.6. The van der Waals surface area contributed by atoms with Crippen LogP contribution in [0.5, 0.6) is 5.75 Å². The second-order valence-corrected chi connectivity index (χ2v) is 21.1. The number of phosphoric acid groups is 1. The molecule has 8 rings (SSSR count). The second-order valence-electron chi connectivity index (χ2n) is 15.3. The number of nitrogens with two attached hydrogens (primary N) is 2. The zero-order valence-corrected chi connectivity index (χ0v) is 38.2. The average Bonchev–Trinajstić information content (AvgIpc) is 4.00. The first-order valence-electron chi connectivity index (χ1n) is 20.5. The van der Waals surface area contributed by atoms with Gasteiger partial charge in [0.1, 0.15) is 60.3 Å². The fourth-order valence-electron chi connectivity index (χ4n) is 7.76. The molecule has 2 aliphatic heterocycles. The Morgan fingerprint density at radius 2 is 1.68 bits per heavy atom. The standard InChI is InChI=1S/C39H47ClN10O12P2S/c1-57-23-7-9-26-25(15-23)35(24-8-6-22(40)14-27(24)47-26)43-11-4-2-3-5-13-65-64(55,56)62-29-17-34(50-21-46-36-37(42)44-20-45-38(36)50)60-31(29)19-58-63(53,54)61-28-16-33(59-30(28)18-51)49-12-10-32(41)48-39(49)52/h6-10,12,14-15,20-21,28-31,33-34,51H,2-5,11,13,16-19H2,1H3,(H,43,47)(H,53,54)(H,55,56)(H2,41,48,52)(H2,42,44,45)/t28?,29-,30+,31+,33+,34+/m0/s1. The zero-order valence-electron chi connectivity index (χ0n) is 34.8. The van der Waals surface area contributed by atoms with E-state index in [9.17, 15) is 28.8 Å². The lowest BCUT2D eigenvalue weighted by atomic mass is 10.1. The lowest BCUT2D eigenvalue weighted by Gasteiger charge is -2.23. The summed E-state index contributed by atoms with van der Waals surface area (Å²) < 4.78 is 63.5. The third-order valence-electron chi connectivity index (χ3n) is 10.9. The number of nitrogens with zero attached hydrogens (tertiary/aromatic N) is 7. The van der Waals surface area contributed by atoms with Gasteiger partial charge in [0, 0.05) is 47.1 Å². The van der Waals surface area contributed by atoms with E-state index in [0.717, 1.165) is 62.7 Å². The molecule has 0 radical (unpaired) electrons. The van der Waals surface area contributed by atoms with Gasteiger partial charge in [-0.05, 0) is 66.7 Å². The number of nitrogen functional groups attached to an aromatic ring is 2. The number of ether oxygens (including phenoxy) is 3. The van der Waals surface area contributed by atoms with Crippen molar-refractivity contribution < 1.29 is 51.8 Å². The summed E-state index contributed by atoms with van der Waals surface area (Å²) in [4.78, 5) is 55.2. The first-order chi connectivity index (χ1) is 31.2. The van der Waals surface area contributed by atoms with Crippen molar-refractivity contribution in [1.82, 2.24) is 34.1 Å². The van der Waals surface area contributed by atoms with Crippen molar-refractivity contribution in [1.29, 1.82) is 0 Å². The number of aromatic nitrogens is 7. The summed E-state index contributed by atoms with van der Waals surface area (Å²) >= 11 is 7.05. The van der Waals surface area contributed by atoms with Gasteiger partial charge in [-0.2, -0.15) is 4.98 Å². The number of hydrogen-bond acceptors (Lipinski definition) is 19. The SMILES string of the molecule is COc1ccc2nc3cc(Cl)ccc3c(NCCCCCCSP(=O)(O)O[C@H]3C[C@H](n4cnc5c(N)ncnc54)O[C@@H]3COP(=O)(O)OC3C[C@H](n4ccc(N)nc4=O)O[C@@H]3CO)c2c1. The molecular weight excluding hydrogens is 930 g/mol. The summed E-state index contributed by atoms with van der Waals surface area (Å²) in [6, 6.07) is 12.7. The molecule has 8 atom stereocenters. The van der Waals surface area contributed by atoms with Crippen LogP contribution in [0.15, 0.2) is 66.1 Å². The van der Waals surface area contributed by atoms with Crippen molar-refractivity contribution in [2.24, 2.45) is 0 Å². The fraction of sp³-hybridized carbons (Fsp3) is 0.436. The van der Waals surface area contributed by atoms with E-state index in [1.807, 2.05) is 36.4 Å². The maximum absolute atomic E-state index is 13.5. The Kier molecular flexibility index (Phi) is 14.6. The third-order valence-corrected chi connectivity index (χ3v) is 15.3. The number of fused-ring (bicyclic) bond motifs is 3. The molecule has 4 aromatic heterocycles. The number of nitrogens with one attached hydrogen (secondary N) is 1. The number of methoxy groups -OCH3 is 1. The summed E-state index contributed by atoms with van der Waals surface area (Å²) in [5, 5.41) is 16.0. The molecule has 22 nitrogen and oxygen atoms in total. The molecule has 8 N–H and O–H groups in total. The van der Waals surface area contributed by atoms with Crippen LogP contribution in [0.4, 0.5) is 17.3 Å². The van der Waals surface area contributed by atoms with Crippen molar-refractivity contribution in [3.8, 4) is 5.75 Å². The van der Waals surface area contributed by atoms with E-state index in [1.165, 1.54) is 24.9 Å². The minimum atomic E-state index is -4.92. The van der Waals surface area contributed by atoms with Gasteiger partial charge < -0.3 is 45.9 Å². The van der Waals surface area contributed by atoms with Crippen LogP contribution in [0.25, 0.3) is 33.0 Å². The first kappa shape index (κ1) is 47.0. The third kappa shape index (κ3) is 11.0. The quantitative estimate of drug-likeness (QED) is 0.0309. The Labute approximate surface area is 379 Å². The van der Waals surface area contributed by atoms with Gasteiger partial charge in [0.05, 0.1) is 43.4 Å². The Hall–Kier alpha value is -4.48. The number of hydrogen-bond donors (Lipinski definition) is 6. The summed E-state index contributed by atoms with van der Waals surface area (Å²) in [6.45, 7) is -4.87. The molecule has 2 saturated heterocycles. The highest BCUT2D eigenvalue weighted by molar-refractivity contribution is 8.54. The second kappa shape index (κ2) is 20.2. The van der Waals surface area contributed by atoms with Crippen molar-refractivity contribution >= 4 is 87.9 Å². The molecule has 0 saturated carbocycles. The molecular formula is C39H47ClN10O12P2S. The molecule has 2 aliphatic rings. The Morgan fingerprint density at radius 3 is 2.46 bits per heavy atom. The van der Waals surface area contributed by atoms with Crippen molar-refractivity contribution in [2.45, 2.75) is 75.4 Å². The number of phosphoric ester groups is 1. The molecule has 0 amide bonds. The van der Waals surface area contributed by atoms with Gasteiger partial charge >= 0.3 is 20.3 Å². The summed E-state index contributed by atoms with van der Waals surface area (Å²) in [5.74, 6) is 1.16. The van der Waals surface area contributed by atoms with E-state index in [4.69, 9.17) is 55.8 Å². The Balaban J connectivity index is 0.861. The minimum Gasteiger partial charge on any atom is -0.497 e. The van der Waals surface area contributed by atoms with Crippen LogP contribution in [0, 0.1) is 0 Å². The topological polar surface area (TPSA) is 306 Å². The molecule has 6 aromatic rings. The largest absolute Gasteiger partial charge is 0.497 e. The van der Waals surface area contributed by atoms with Crippen LogP contribution in [0.3, 0.4) is 0 Å². The van der Waals surface area contributed by atoms with E-state index < -0.39 is 70.4 Å². The number of imidazole rings is 1. The molecule has 3 unspecified atom stereocenters. The molecule has 26 heteroatoms. The highest BCUT2D eigenvalue weighted by Gasteiger charge is 2.45. The zero-order chi connectivity index (χ0) is 45.9. The van der Waals surface area contributed by atoms with Crippen molar-refractivity contribution in [3.05, 3.63) is 76.8 Å². The van der Waals surface area contributed by atoms with Crippen LogP contribution in [-0.4, -0.2) is 106 Å². The van der Waals surface area contributed by atoms with Gasteiger partial charge in [-0.15, -0.1) is 0 Å². The molecule has 348 valence electrons. The number of halogens is 1. The minimum absolute atomic E-state index is 0.00489. The number of unbranched alkanes of at least 4 members (excludes halogenated alkanes) is 3. The number of rotatable bonds is 20. The normalized spacial score (nSPS) is 23.0. The monoisotopic (exact) mass is 976 g/mol. The van der Waals surface area contributed by atoms with E-state index in [2.05, 4.69) is 25.3 Å². The van der Waals surface area contributed by atoms with E-state index in [1.54, 1.807) is 11.7 Å². The summed E-state index contributed by atoms with van der Waals surface area (Å²) in [7, 11) is -3.31. The molecule has 2 aromatic carbocycles. The maximum atomic E-state index is 13.5. The number of aliphatic hydroxyl groups is 1. The van der Waals surface area contributed by atoms with E-state index >= 15 is 0 Å². The van der Waals surface area contributed by atoms with E-state index in [0.29, 0.717) is 40.7 Å². The van der Waals surface area contributed by atoms with E-state index in [-0.39, 0.29) is 24.5 Å².